The molecule has 1 rings (SSSR count). The summed E-state index contributed by atoms with van der Waals surface area (Å²) in [6.07, 6.45) is 1.01. The number of rotatable bonds is 7. The van der Waals surface area contributed by atoms with Crippen molar-refractivity contribution in [2.24, 2.45) is 0 Å². The minimum atomic E-state index is -1.11. The van der Waals surface area contributed by atoms with E-state index in [1.807, 2.05) is 0 Å². The molecule has 0 spiro atoms. The molecule has 0 amide bonds. The Hall–Kier alpha value is -2.50. The zero-order chi connectivity index (χ0) is 15.8. The molecule has 0 saturated carbocycles. The molecule has 6 heteroatoms. The average molecular weight is 294 g/mol. The van der Waals surface area contributed by atoms with Gasteiger partial charge in [0.1, 0.15) is 0 Å². The summed E-state index contributed by atoms with van der Waals surface area (Å²) in [4.78, 5) is 22.7. The van der Waals surface area contributed by atoms with Gasteiger partial charge in [-0.25, -0.2) is 4.79 Å². The van der Waals surface area contributed by atoms with Crippen molar-refractivity contribution < 1.29 is 28.9 Å². The van der Waals surface area contributed by atoms with Gasteiger partial charge in [-0.2, -0.15) is 0 Å². The number of aliphatic carboxylic acids is 1. The van der Waals surface area contributed by atoms with E-state index in [4.69, 9.17) is 19.3 Å². The van der Waals surface area contributed by atoms with E-state index in [-0.39, 0.29) is 12.2 Å². The topological polar surface area (TPSA) is 82.1 Å². The lowest BCUT2D eigenvalue weighted by Gasteiger charge is -2.11. The van der Waals surface area contributed by atoms with E-state index in [1.165, 1.54) is 20.3 Å². The summed E-state index contributed by atoms with van der Waals surface area (Å²) in [6, 6.07) is 5.12. The summed E-state index contributed by atoms with van der Waals surface area (Å²) in [5.41, 5.74) is 0.581. The van der Waals surface area contributed by atoms with Crippen LogP contribution in [0.3, 0.4) is 0 Å². The molecular weight excluding hydrogens is 276 g/mol. The quantitative estimate of drug-likeness (QED) is 0.612. The molecule has 0 saturated heterocycles. The zero-order valence-corrected chi connectivity index (χ0v) is 12.2. The Labute approximate surface area is 122 Å². The molecule has 1 aromatic rings. The van der Waals surface area contributed by atoms with E-state index >= 15 is 0 Å². The summed E-state index contributed by atoms with van der Waals surface area (Å²) in [6.45, 7) is 1.83. The Morgan fingerprint density at radius 1 is 1.24 bits per heavy atom. The third kappa shape index (κ3) is 4.52. The molecule has 0 atom stereocenters. The van der Waals surface area contributed by atoms with Crippen LogP contribution < -0.4 is 9.47 Å². The maximum Gasteiger partial charge on any atom is 0.334 e. The monoisotopic (exact) mass is 294 g/mol. The summed E-state index contributed by atoms with van der Waals surface area (Å²) < 4.78 is 15.3. The van der Waals surface area contributed by atoms with Gasteiger partial charge in [-0.05, 0) is 19.1 Å². The van der Waals surface area contributed by atoms with Gasteiger partial charge in [0.25, 0.3) is 0 Å². The van der Waals surface area contributed by atoms with Crippen LogP contribution >= 0.6 is 0 Å². The van der Waals surface area contributed by atoms with Gasteiger partial charge in [0.2, 0.25) is 0 Å². The number of esters is 1. The van der Waals surface area contributed by atoms with Crippen LogP contribution in [0.25, 0.3) is 6.08 Å². The maximum absolute atomic E-state index is 11.8. The van der Waals surface area contributed by atoms with Crippen LogP contribution in [0.5, 0.6) is 11.5 Å². The van der Waals surface area contributed by atoms with Gasteiger partial charge in [-0.1, -0.05) is 12.1 Å². The van der Waals surface area contributed by atoms with Gasteiger partial charge >= 0.3 is 11.9 Å². The molecule has 1 aromatic carbocycles. The molecule has 0 aliphatic heterocycles. The fourth-order valence-electron chi connectivity index (χ4n) is 1.78. The van der Waals surface area contributed by atoms with Crippen LogP contribution in [0, 0.1) is 0 Å². The predicted octanol–water partition coefficient (Wildman–Crippen LogP) is 2.12. The first-order valence-electron chi connectivity index (χ1n) is 6.33. The first kappa shape index (κ1) is 16.6. The van der Waals surface area contributed by atoms with Crippen molar-refractivity contribution in [1.82, 2.24) is 0 Å². The zero-order valence-electron chi connectivity index (χ0n) is 12.2. The van der Waals surface area contributed by atoms with Gasteiger partial charge in [-0.3, -0.25) is 4.79 Å². The number of carbonyl (C=O) groups is 2. The van der Waals surface area contributed by atoms with Crippen molar-refractivity contribution in [3.63, 3.8) is 0 Å². The van der Waals surface area contributed by atoms with E-state index in [1.54, 1.807) is 25.1 Å². The highest BCUT2D eigenvalue weighted by molar-refractivity contribution is 5.98. The summed E-state index contributed by atoms with van der Waals surface area (Å²) in [5.74, 6) is -0.863. The first-order valence-corrected chi connectivity index (χ1v) is 6.33. The summed E-state index contributed by atoms with van der Waals surface area (Å²) in [7, 11) is 2.96. The van der Waals surface area contributed by atoms with Crippen LogP contribution in [0.15, 0.2) is 23.8 Å². The smallest absolute Gasteiger partial charge is 0.334 e. The highest BCUT2D eigenvalue weighted by atomic mass is 16.5. The van der Waals surface area contributed by atoms with Crippen LogP contribution in [-0.2, 0) is 14.3 Å². The van der Waals surface area contributed by atoms with Crippen molar-refractivity contribution in [1.29, 1.82) is 0 Å². The Morgan fingerprint density at radius 3 is 2.48 bits per heavy atom. The molecule has 0 radical (unpaired) electrons. The minimum Gasteiger partial charge on any atom is -0.493 e. The molecule has 21 heavy (non-hydrogen) atoms. The summed E-state index contributed by atoms with van der Waals surface area (Å²) in [5, 5.41) is 8.90. The molecule has 1 N–H and O–H groups in total. The second kappa shape index (κ2) is 7.94. The predicted molar refractivity (Wildman–Crippen MR) is 76.4 cm³/mol. The molecule has 0 fully saturated rings. The Morgan fingerprint density at radius 2 is 1.95 bits per heavy atom. The number of hydrogen-bond donors (Lipinski definition) is 1. The van der Waals surface area contributed by atoms with E-state index < -0.39 is 18.4 Å². The fourth-order valence-corrected chi connectivity index (χ4v) is 1.78. The highest BCUT2D eigenvalue weighted by Gasteiger charge is 2.16. The van der Waals surface area contributed by atoms with Gasteiger partial charge in [0, 0.05) is 11.1 Å². The number of methoxy groups -OCH3 is 2. The molecule has 0 aliphatic rings. The number of hydrogen-bond acceptors (Lipinski definition) is 5. The Bertz CT molecular complexity index is 547. The third-order valence-corrected chi connectivity index (χ3v) is 2.64. The van der Waals surface area contributed by atoms with Gasteiger partial charge < -0.3 is 19.3 Å². The molecule has 0 heterocycles. The number of carboxylic acid groups (broad SMARTS) is 1. The lowest BCUT2D eigenvalue weighted by atomic mass is 10.1. The lowest BCUT2D eigenvalue weighted by molar-refractivity contribution is -0.142. The molecule has 0 aliphatic carbocycles. The second-order valence-corrected chi connectivity index (χ2v) is 4.04. The van der Waals surface area contributed by atoms with Crippen LogP contribution in [-0.4, -0.2) is 37.9 Å². The number of para-hydroxylation sites is 1. The van der Waals surface area contributed by atoms with Crippen molar-refractivity contribution in [2.45, 2.75) is 13.3 Å². The van der Waals surface area contributed by atoms with Crippen LogP contribution in [0.1, 0.15) is 18.9 Å². The van der Waals surface area contributed by atoms with Crippen LogP contribution in [0.4, 0.5) is 0 Å². The molecule has 114 valence electrons. The highest BCUT2D eigenvalue weighted by Crippen LogP contribution is 2.32. The molecule has 0 bridgehead atoms. The van der Waals surface area contributed by atoms with Crippen molar-refractivity contribution in [2.75, 3.05) is 20.8 Å². The van der Waals surface area contributed by atoms with Gasteiger partial charge in [0.15, 0.2) is 11.5 Å². The maximum atomic E-state index is 11.8. The second-order valence-electron chi connectivity index (χ2n) is 4.04. The molecule has 0 unspecified atom stereocenters. The van der Waals surface area contributed by atoms with E-state index in [2.05, 4.69) is 0 Å². The number of carboxylic acids is 1. The van der Waals surface area contributed by atoms with E-state index in [0.717, 1.165) is 0 Å². The van der Waals surface area contributed by atoms with Crippen molar-refractivity contribution in [3.8, 4) is 11.5 Å². The first-order chi connectivity index (χ1) is 10.0. The Kier molecular flexibility index (Phi) is 6.26. The minimum absolute atomic E-state index is 0.0379. The largest absolute Gasteiger partial charge is 0.493 e. The van der Waals surface area contributed by atoms with Crippen LogP contribution in [0.2, 0.25) is 0 Å². The van der Waals surface area contributed by atoms with Gasteiger partial charge in [-0.15, -0.1) is 0 Å². The lowest BCUT2D eigenvalue weighted by Crippen LogP contribution is -2.11. The van der Waals surface area contributed by atoms with Crippen molar-refractivity contribution in [3.05, 3.63) is 29.3 Å². The fraction of sp³-hybridized carbons (Fsp3) is 0.333. The van der Waals surface area contributed by atoms with E-state index in [9.17, 15) is 9.59 Å². The molecule has 6 nitrogen and oxygen atoms in total. The SMILES string of the molecule is CCOC(=O)/C(=C\c1cccc(OC)c1OC)CC(=O)O. The van der Waals surface area contributed by atoms with E-state index in [0.29, 0.717) is 17.1 Å². The van der Waals surface area contributed by atoms with Gasteiger partial charge in [0.05, 0.1) is 27.2 Å². The molecule has 0 aromatic heterocycles. The number of benzene rings is 1. The normalized spacial score (nSPS) is 10.9. The number of ether oxygens (including phenoxy) is 3. The average Bonchev–Trinajstić information content (AvgIpc) is 2.45. The third-order valence-electron chi connectivity index (χ3n) is 2.64. The number of carbonyl (C=O) groups excluding carboxylic acids is 1. The van der Waals surface area contributed by atoms with Crippen molar-refractivity contribution >= 4 is 18.0 Å². The molecular formula is C15H18O6. The standard InChI is InChI=1S/C15H18O6/c1-4-21-15(18)11(9-13(16)17)8-10-6-5-7-12(19-2)14(10)20-3/h5-8H,4,9H2,1-3H3,(H,16,17)/b11-8-. The Balaban J connectivity index is 3.26. The summed E-state index contributed by atoms with van der Waals surface area (Å²) >= 11 is 0.